The van der Waals surface area contributed by atoms with E-state index in [-0.39, 0.29) is 25.0 Å². The molecule has 0 bridgehead atoms. The average molecular weight is 507 g/mol. The van der Waals surface area contributed by atoms with Crippen molar-refractivity contribution in [3.63, 3.8) is 0 Å². The third-order valence-electron chi connectivity index (χ3n) is 6.04. The summed E-state index contributed by atoms with van der Waals surface area (Å²) in [7, 11) is 0. The van der Waals surface area contributed by atoms with Crippen LogP contribution in [0.1, 0.15) is 42.0 Å². The van der Waals surface area contributed by atoms with Crippen molar-refractivity contribution in [2.75, 3.05) is 13.2 Å². The normalized spacial score (nSPS) is 11.6. The van der Waals surface area contributed by atoms with Crippen LogP contribution >= 0.6 is 11.6 Å². The number of amides is 2. The Labute approximate surface area is 219 Å². The van der Waals surface area contributed by atoms with Crippen LogP contribution in [0.3, 0.4) is 0 Å². The van der Waals surface area contributed by atoms with Crippen LogP contribution in [-0.2, 0) is 22.6 Å². The third kappa shape index (κ3) is 8.13. The molecule has 0 aliphatic heterocycles. The Balaban J connectivity index is 1.90. The molecule has 36 heavy (non-hydrogen) atoms. The number of nitrogens with one attached hydrogen (secondary N) is 1. The molecule has 0 aliphatic rings. The Morgan fingerprint density at radius 3 is 2.44 bits per heavy atom. The minimum Gasteiger partial charge on any atom is -0.483 e. The second kappa shape index (κ2) is 13.7. The predicted octanol–water partition coefficient (Wildman–Crippen LogP) is 5.89. The highest BCUT2D eigenvalue weighted by Gasteiger charge is 2.30. The van der Waals surface area contributed by atoms with Crippen molar-refractivity contribution in [3.05, 3.63) is 100 Å². The number of nitrogens with zero attached hydrogens (tertiary/aromatic N) is 1. The topological polar surface area (TPSA) is 58.6 Å². The zero-order valence-corrected chi connectivity index (χ0v) is 22.1. The first-order valence-electron chi connectivity index (χ1n) is 12.4. The fraction of sp³-hybridized carbons (Fsp3) is 0.333. The monoisotopic (exact) mass is 506 g/mol. The summed E-state index contributed by atoms with van der Waals surface area (Å²) in [6, 6.07) is 22.3. The Kier molecular flexibility index (Phi) is 10.4. The SMILES string of the molecule is CCCCNC(=O)[C@H](Cc1ccccc1)N(Cc1cccc(Cl)c1)C(=O)COc1cc(C)ccc1C. The number of unbranched alkanes of at least 4 members (excludes halogenated alkanes) is 1. The number of hydrogen-bond donors (Lipinski definition) is 1. The van der Waals surface area contributed by atoms with E-state index in [0.29, 0.717) is 23.7 Å². The van der Waals surface area contributed by atoms with Crippen LogP contribution in [0, 0.1) is 13.8 Å². The van der Waals surface area contributed by atoms with Gasteiger partial charge in [-0.15, -0.1) is 0 Å². The van der Waals surface area contributed by atoms with E-state index in [4.69, 9.17) is 16.3 Å². The summed E-state index contributed by atoms with van der Waals surface area (Å²) in [4.78, 5) is 28.7. The van der Waals surface area contributed by atoms with Gasteiger partial charge in [0.05, 0.1) is 0 Å². The second-order valence-electron chi connectivity index (χ2n) is 9.06. The molecule has 6 heteroatoms. The number of halogens is 1. The molecule has 0 fully saturated rings. The Bertz CT molecular complexity index is 1150. The van der Waals surface area contributed by atoms with E-state index in [1.54, 1.807) is 11.0 Å². The third-order valence-corrected chi connectivity index (χ3v) is 6.27. The van der Waals surface area contributed by atoms with Crippen LogP contribution in [0.5, 0.6) is 5.75 Å². The van der Waals surface area contributed by atoms with Gasteiger partial charge in [0, 0.05) is 24.5 Å². The summed E-state index contributed by atoms with van der Waals surface area (Å²) in [5, 5.41) is 3.61. The first kappa shape index (κ1) is 27.3. The zero-order chi connectivity index (χ0) is 25.9. The molecular weight excluding hydrogens is 472 g/mol. The molecule has 3 aromatic rings. The van der Waals surface area contributed by atoms with Crippen molar-refractivity contribution in [1.29, 1.82) is 0 Å². The first-order valence-corrected chi connectivity index (χ1v) is 12.8. The molecule has 190 valence electrons. The van der Waals surface area contributed by atoms with Gasteiger partial charge in [0.15, 0.2) is 6.61 Å². The van der Waals surface area contributed by atoms with Gasteiger partial charge in [-0.1, -0.05) is 79.5 Å². The highest BCUT2D eigenvalue weighted by atomic mass is 35.5. The molecule has 0 radical (unpaired) electrons. The standard InChI is InChI=1S/C30H35ClN2O3/c1-4-5-16-32-30(35)27(19-24-10-7-6-8-11-24)33(20-25-12-9-13-26(31)18-25)29(34)21-36-28-17-22(2)14-15-23(28)3/h6-15,17-18,27H,4-5,16,19-21H2,1-3H3,(H,32,35)/t27-/m0/s1. The maximum Gasteiger partial charge on any atom is 0.261 e. The summed E-state index contributed by atoms with van der Waals surface area (Å²) in [6.07, 6.45) is 2.24. The van der Waals surface area contributed by atoms with Gasteiger partial charge in [0.1, 0.15) is 11.8 Å². The maximum absolute atomic E-state index is 13.7. The highest BCUT2D eigenvalue weighted by Crippen LogP contribution is 2.21. The zero-order valence-electron chi connectivity index (χ0n) is 21.3. The molecule has 0 spiro atoms. The number of hydrogen-bond acceptors (Lipinski definition) is 3. The number of carbonyl (C=O) groups excluding carboxylic acids is 2. The molecule has 2 amide bonds. The molecule has 0 aliphatic carbocycles. The van der Waals surface area contributed by atoms with E-state index < -0.39 is 6.04 Å². The summed E-state index contributed by atoms with van der Waals surface area (Å²) < 4.78 is 5.95. The number of rotatable bonds is 12. The van der Waals surface area contributed by atoms with Gasteiger partial charge in [0.2, 0.25) is 5.91 Å². The molecule has 0 saturated carbocycles. The van der Waals surface area contributed by atoms with Crippen LogP contribution in [0.25, 0.3) is 0 Å². The van der Waals surface area contributed by atoms with Gasteiger partial charge in [0.25, 0.3) is 5.91 Å². The molecule has 0 heterocycles. The van der Waals surface area contributed by atoms with E-state index in [9.17, 15) is 9.59 Å². The number of carbonyl (C=O) groups is 2. The lowest BCUT2D eigenvalue weighted by atomic mass is 10.0. The summed E-state index contributed by atoms with van der Waals surface area (Å²) >= 11 is 6.23. The highest BCUT2D eigenvalue weighted by molar-refractivity contribution is 6.30. The Morgan fingerprint density at radius 1 is 0.972 bits per heavy atom. The quantitative estimate of drug-likeness (QED) is 0.311. The van der Waals surface area contributed by atoms with Gasteiger partial charge in [-0.3, -0.25) is 9.59 Å². The lowest BCUT2D eigenvalue weighted by Crippen LogP contribution is -2.51. The van der Waals surface area contributed by atoms with Gasteiger partial charge in [-0.05, 0) is 60.7 Å². The van der Waals surface area contributed by atoms with Crippen LogP contribution in [0.2, 0.25) is 5.02 Å². The van der Waals surface area contributed by atoms with E-state index in [1.807, 2.05) is 80.6 Å². The van der Waals surface area contributed by atoms with E-state index in [0.717, 1.165) is 35.1 Å². The Morgan fingerprint density at radius 2 is 1.72 bits per heavy atom. The minimum absolute atomic E-state index is 0.168. The van der Waals surface area contributed by atoms with Crippen molar-refractivity contribution in [1.82, 2.24) is 10.2 Å². The van der Waals surface area contributed by atoms with Crippen molar-refractivity contribution in [3.8, 4) is 5.75 Å². The van der Waals surface area contributed by atoms with Crippen molar-refractivity contribution in [2.24, 2.45) is 0 Å². The van der Waals surface area contributed by atoms with Gasteiger partial charge in [-0.25, -0.2) is 0 Å². The molecule has 0 saturated heterocycles. The largest absolute Gasteiger partial charge is 0.483 e. The van der Waals surface area contributed by atoms with Gasteiger partial charge in [-0.2, -0.15) is 0 Å². The number of ether oxygens (including phenoxy) is 1. The fourth-order valence-corrected chi connectivity index (χ4v) is 4.19. The van der Waals surface area contributed by atoms with Crippen molar-refractivity contribution < 1.29 is 14.3 Å². The molecule has 0 aromatic heterocycles. The van der Waals surface area contributed by atoms with Crippen LogP contribution < -0.4 is 10.1 Å². The molecule has 1 N–H and O–H groups in total. The average Bonchev–Trinajstić information content (AvgIpc) is 2.87. The second-order valence-corrected chi connectivity index (χ2v) is 9.50. The summed E-state index contributed by atoms with van der Waals surface area (Å²) in [5.74, 6) is 0.231. The van der Waals surface area contributed by atoms with Crippen molar-refractivity contribution in [2.45, 2.75) is 52.6 Å². The molecule has 3 aromatic carbocycles. The number of benzene rings is 3. The predicted molar refractivity (Wildman–Crippen MR) is 145 cm³/mol. The molecule has 3 rings (SSSR count). The van der Waals surface area contributed by atoms with E-state index in [1.165, 1.54) is 0 Å². The van der Waals surface area contributed by atoms with Crippen LogP contribution in [0.4, 0.5) is 0 Å². The van der Waals surface area contributed by atoms with Crippen molar-refractivity contribution >= 4 is 23.4 Å². The minimum atomic E-state index is -0.696. The number of aryl methyl sites for hydroxylation is 2. The lowest BCUT2D eigenvalue weighted by Gasteiger charge is -2.31. The molecule has 1 atom stereocenters. The smallest absolute Gasteiger partial charge is 0.261 e. The van der Waals surface area contributed by atoms with E-state index >= 15 is 0 Å². The van der Waals surface area contributed by atoms with Gasteiger partial charge < -0.3 is 15.0 Å². The van der Waals surface area contributed by atoms with Crippen LogP contribution in [0.15, 0.2) is 72.8 Å². The maximum atomic E-state index is 13.7. The molecule has 5 nitrogen and oxygen atoms in total. The Hall–Kier alpha value is -3.31. The van der Waals surface area contributed by atoms with Gasteiger partial charge >= 0.3 is 0 Å². The van der Waals surface area contributed by atoms with E-state index in [2.05, 4.69) is 12.2 Å². The summed E-state index contributed by atoms with van der Waals surface area (Å²) in [6.45, 7) is 6.65. The fourth-order valence-electron chi connectivity index (χ4n) is 3.98. The lowest BCUT2D eigenvalue weighted by molar-refractivity contribution is -0.142. The molecule has 0 unspecified atom stereocenters. The van der Waals surface area contributed by atoms with Crippen LogP contribution in [-0.4, -0.2) is 35.9 Å². The first-order chi connectivity index (χ1) is 17.4. The summed E-state index contributed by atoms with van der Waals surface area (Å²) in [5.41, 5.74) is 3.83. The molecular formula is C30H35ClN2O3.